The average Bonchev–Trinajstić information content (AvgIpc) is 2.30. The van der Waals surface area contributed by atoms with Gasteiger partial charge in [-0.25, -0.2) is 4.89 Å². The number of fused-ring (bicyclic) bond motifs is 2. The van der Waals surface area contributed by atoms with E-state index in [1.807, 2.05) is 0 Å². The van der Waals surface area contributed by atoms with Gasteiger partial charge >= 0.3 is 5.97 Å². The van der Waals surface area contributed by atoms with Crippen LogP contribution in [0.5, 0.6) is 0 Å². The van der Waals surface area contributed by atoms with Crippen LogP contribution in [-0.2, 0) is 14.4 Å². The van der Waals surface area contributed by atoms with Crippen molar-refractivity contribution in [3.63, 3.8) is 0 Å². The maximum Gasteiger partial charge on any atom is 0.309 e. The zero-order valence-electron chi connectivity index (χ0n) is 8.59. The van der Waals surface area contributed by atoms with Crippen LogP contribution >= 0.6 is 0 Å². The summed E-state index contributed by atoms with van der Waals surface area (Å²) in [5.41, 5.74) is 0. The number of hydrogen-bond acceptors (Lipinski definition) is 4. The van der Waals surface area contributed by atoms with E-state index in [0.29, 0.717) is 11.8 Å². The molecular weight excluding hydrogens is 196 g/mol. The Bertz CT molecular complexity index is 261. The van der Waals surface area contributed by atoms with Crippen LogP contribution in [0.15, 0.2) is 12.2 Å². The molecular formula is C11H16O4. The van der Waals surface area contributed by atoms with Crippen molar-refractivity contribution in [2.75, 3.05) is 13.2 Å². The van der Waals surface area contributed by atoms with E-state index in [0.717, 1.165) is 12.8 Å². The van der Waals surface area contributed by atoms with Gasteiger partial charge in [-0.15, -0.1) is 0 Å². The lowest BCUT2D eigenvalue weighted by atomic mass is 9.69. The molecule has 84 valence electrons. The van der Waals surface area contributed by atoms with Gasteiger partial charge < -0.3 is 4.74 Å². The summed E-state index contributed by atoms with van der Waals surface area (Å²) in [7, 11) is 0. The van der Waals surface area contributed by atoms with Gasteiger partial charge in [-0.2, -0.15) is 0 Å². The molecule has 0 radical (unpaired) electrons. The highest BCUT2D eigenvalue weighted by Crippen LogP contribution is 2.40. The van der Waals surface area contributed by atoms with E-state index in [2.05, 4.69) is 17.0 Å². The smallest absolute Gasteiger partial charge is 0.309 e. The number of rotatable bonds is 4. The lowest BCUT2D eigenvalue weighted by molar-refractivity contribution is -0.248. The molecule has 0 aromatic carbocycles. The van der Waals surface area contributed by atoms with Crippen molar-refractivity contribution in [2.24, 2.45) is 17.8 Å². The summed E-state index contributed by atoms with van der Waals surface area (Å²) in [6.45, 7) is 0.176. The summed E-state index contributed by atoms with van der Waals surface area (Å²) in [5, 5.41) is 8.09. The van der Waals surface area contributed by atoms with E-state index in [1.54, 1.807) is 0 Å². The van der Waals surface area contributed by atoms with Crippen LogP contribution in [0.4, 0.5) is 0 Å². The van der Waals surface area contributed by atoms with Crippen molar-refractivity contribution in [2.45, 2.75) is 19.3 Å². The molecule has 2 bridgehead atoms. The predicted octanol–water partition coefficient (Wildman–Crippen LogP) is 1.62. The molecule has 0 aromatic heterocycles. The Labute approximate surface area is 88.8 Å². The lowest BCUT2D eigenvalue weighted by Gasteiger charge is -2.36. The molecule has 4 nitrogen and oxygen atoms in total. The van der Waals surface area contributed by atoms with E-state index in [9.17, 15) is 4.79 Å². The Kier molecular flexibility index (Phi) is 3.38. The van der Waals surface area contributed by atoms with E-state index < -0.39 is 0 Å². The minimum atomic E-state index is -0.147. The summed E-state index contributed by atoms with van der Waals surface area (Å²) in [6.07, 6.45) is 7.57. The molecule has 3 atom stereocenters. The maximum absolute atomic E-state index is 11.7. The molecule has 0 spiro atoms. The first-order chi connectivity index (χ1) is 7.31. The number of ether oxygens (including phenoxy) is 1. The third kappa shape index (κ3) is 2.38. The van der Waals surface area contributed by atoms with Gasteiger partial charge in [0.1, 0.15) is 13.2 Å². The molecule has 4 heteroatoms. The van der Waals surface area contributed by atoms with E-state index in [4.69, 9.17) is 9.99 Å². The summed E-state index contributed by atoms with van der Waals surface area (Å²) < 4.78 is 5.02. The molecule has 0 heterocycles. The molecule has 1 saturated carbocycles. The van der Waals surface area contributed by atoms with E-state index in [1.165, 1.54) is 6.42 Å². The van der Waals surface area contributed by atoms with Gasteiger partial charge in [0.15, 0.2) is 0 Å². The second-order valence-electron chi connectivity index (χ2n) is 4.23. The van der Waals surface area contributed by atoms with E-state index >= 15 is 0 Å². The molecule has 0 amide bonds. The van der Waals surface area contributed by atoms with Crippen LogP contribution in [0.2, 0.25) is 0 Å². The highest BCUT2D eigenvalue weighted by Gasteiger charge is 2.37. The molecule has 3 aliphatic rings. The lowest BCUT2D eigenvalue weighted by Crippen LogP contribution is -2.34. The Morgan fingerprint density at radius 2 is 2.20 bits per heavy atom. The van der Waals surface area contributed by atoms with Crippen molar-refractivity contribution in [3.05, 3.63) is 12.2 Å². The quantitative estimate of drug-likeness (QED) is 0.253. The fourth-order valence-corrected chi connectivity index (χ4v) is 2.49. The SMILES string of the molecule is O=C(OCCOO)C1C[C@@H]2C=CC1CC2. The Morgan fingerprint density at radius 3 is 2.73 bits per heavy atom. The van der Waals surface area contributed by atoms with Crippen LogP contribution < -0.4 is 0 Å². The molecule has 3 aliphatic carbocycles. The van der Waals surface area contributed by atoms with Crippen LogP contribution in [0.3, 0.4) is 0 Å². The first-order valence-corrected chi connectivity index (χ1v) is 5.42. The minimum absolute atomic E-state index is 0.0208. The predicted molar refractivity (Wildman–Crippen MR) is 53.0 cm³/mol. The first-order valence-electron chi connectivity index (χ1n) is 5.42. The fraction of sp³-hybridized carbons (Fsp3) is 0.727. The van der Waals surface area contributed by atoms with Crippen molar-refractivity contribution in [1.82, 2.24) is 0 Å². The number of carbonyl (C=O) groups excluding carboxylic acids is 1. The molecule has 0 aromatic rings. The minimum Gasteiger partial charge on any atom is -0.463 e. The van der Waals surface area contributed by atoms with Crippen molar-refractivity contribution in [3.8, 4) is 0 Å². The molecule has 3 rings (SSSR count). The van der Waals surface area contributed by atoms with Gasteiger partial charge in [0.05, 0.1) is 5.92 Å². The van der Waals surface area contributed by atoms with Crippen LogP contribution in [0.25, 0.3) is 0 Å². The second kappa shape index (κ2) is 4.77. The van der Waals surface area contributed by atoms with Gasteiger partial charge in [0.25, 0.3) is 0 Å². The number of hydrogen-bond donors (Lipinski definition) is 1. The number of allylic oxidation sites excluding steroid dienone is 2. The van der Waals surface area contributed by atoms with Crippen LogP contribution in [-0.4, -0.2) is 24.4 Å². The molecule has 2 unspecified atom stereocenters. The first kappa shape index (κ1) is 10.6. The third-order valence-corrected chi connectivity index (χ3v) is 3.30. The van der Waals surface area contributed by atoms with Crippen LogP contribution in [0.1, 0.15) is 19.3 Å². The largest absolute Gasteiger partial charge is 0.463 e. The highest BCUT2D eigenvalue weighted by molar-refractivity contribution is 5.73. The van der Waals surface area contributed by atoms with Crippen molar-refractivity contribution < 1.29 is 19.7 Å². The zero-order chi connectivity index (χ0) is 10.7. The topological polar surface area (TPSA) is 55.8 Å². The number of esters is 1. The molecule has 15 heavy (non-hydrogen) atoms. The number of carbonyl (C=O) groups is 1. The Morgan fingerprint density at radius 1 is 1.33 bits per heavy atom. The second-order valence-corrected chi connectivity index (χ2v) is 4.23. The monoisotopic (exact) mass is 212 g/mol. The van der Waals surface area contributed by atoms with E-state index in [-0.39, 0.29) is 25.1 Å². The van der Waals surface area contributed by atoms with Gasteiger partial charge in [-0.3, -0.25) is 10.1 Å². The molecule has 1 fully saturated rings. The molecule has 0 saturated heterocycles. The van der Waals surface area contributed by atoms with Gasteiger partial charge in [0, 0.05) is 0 Å². The third-order valence-electron chi connectivity index (χ3n) is 3.30. The molecule has 1 N–H and O–H groups in total. The zero-order valence-corrected chi connectivity index (χ0v) is 8.59. The van der Waals surface area contributed by atoms with Crippen molar-refractivity contribution in [1.29, 1.82) is 0 Å². The Balaban J connectivity index is 1.84. The summed E-state index contributed by atoms with van der Waals surface area (Å²) in [4.78, 5) is 15.5. The van der Waals surface area contributed by atoms with Crippen molar-refractivity contribution >= 4 is 5.97 Å². The van der Waals surface area contributed by atoms with Gasteiger partial charge in [-0.05, 0) is 31.1 Å². The van der Waals surface area contributed by atoms with Crippen LogP contribution in [0, 0.1) is 17.8 Å². The summed E-state index contributed by atoms with van der Waals surface area (Å²) >= 11 is 0. The summed E-state index contributed by atoms with van der Waals surface area (Å²) in [5.74, 6) is 0.790. The molecule has 0 aliphatic heterocycles. The standard InChI is InChI=1S/C11H16O4/c12-11(14-5-6-15-13)10-7-8-1-3-9(10)4-2-8/h1,3,8-10,13H,2,4-7H2/t8-,9?,10?/m1/s1. The highest BCUT2D eigenvalue weighted by atomic mass is 17.1. The van der Waals surface area contributed by atoms with Gasteiger partial charge in [0.2, 0.25) is 0 Å². The fourth-order valence-electron chi connectivity index (χ4n) is 2.49. The Hall–Kier alpha value is -0.870. The summed E-state index contributed by atoms with van der Waals surface area (Å²) in [6, 6.07) is 0. The van der Waals surface area contributed by atoms with Gasteiger partial charge in [-0.1, -0.05) is 12.2 Å². The maximum atomic E-state index is 11.7. The average molecular weight is 212 g/mol. The normalized spacial score (nSPS) is 33.0.